The predicted molar refractivity (Wildman–Crippen MR) is 78.6 cm³/mol. The number of anilines is 1. The molecule has 108 valence electrons. The number of benzene rings is 1. The van der Waals surface area contributed by atoms with Crippen LogP contribution >= 0.6 is 0 Å². The zero-order chi connectivity index (χ0) is 14.6. The van der Waals surface area contributed by atoms with E-state index in [0.717, 1.165) is 30.6 Å². The van der Waals surface area contributed by atoms with Crippen molar-refractivity contribution in [3.8, 4) is 0 Å². The maximum absolute atomic E-state index is 12.9. The lowest BCUT2D eigenvalue weighted by atomic mass is 9.83. The fourth-order valence-electron chi connectivity index (χ4n) is 4.02. The molecule has 3 aliphatic heterocycles. The molecule has 5 nitrogen and oxygen atoms in total. The van der Waals surface area contributed by atoms with Crippen molar-refractivity contribution in [3.63, 3.8) is 0 Å². The van der Waals surface area contributed by atoms with Gasteiger partial charge < -0.3 is 10.6 Å². The summed E-state index contributed by atoms with van der Waals surface area (Å²) in [6.45, 7) is 0.837. The summed E-state index contributed by atoms with van der Waals surface area (Å²) in [4.78, 5) is 27.4. The van der Waals surface area contributed by atoms with E-state index in [1.165, 1.54) is 0 Å². The summed E-state index contributed by atoms with van der Waals surface area (Å²) >= 11 is 0. The highest BCUT2D eigenvalue weighted by Gasteiger charge is 2.61. The second-order valence-electron chi connectivity index (χ2n) is 5.77. The monoisotopic (exact) mass is 283 g/mol. The third kappa shape index (κ3) is 1.39. The molecule has 1 aromatic carbocycles. The van der Waals surface area contributed by atoms with Crippen molar-refractivity contribution in [2.75, 3.05) is 18.9 Å². The molecule has 0 aromatic heterocycles. The fourth-order valence-corrected chi connectivity index (χ4v) is 4.02. The Morgan fingerprint density at radius 1 is 1.43 bits per heavy atom. The van der Waals surface area contributed by atoms with Crippen LogP contribution in [-0.2, 0) is 15.1 Å². The summed E-state index contributed by atoms with van der Waals surface area (Å²) in [7, 11) is 1.61. The minimum absolute atomic E-state index is 0.108. The van der Waals surface area contributed by atoms with Gasteiger partial charge in [-0.1, -0.05) is 24.3 Å². The predicted octanol–water partition coefficient (Wildman–Crippen LogP) is 0.984. The third-order valence-electron chi connectivity index (χ3n) is 4.84. The number of carbonyl (C=O) groups is 2. The van der Waals surface area contributed by atoms with E-state index < -0.39 is 5.54 Å². The SMILES string of the molecule is CNC(=O)C1=CC2CCCN2[C@]12C(=O)Nc1ccccc12. The molecule has 5 heteroatoms. The zero-order valence-electron chi connectivity index (χ0n) is 11.8. The van der Waals surface area contributed by atoms with Crippen LogP contribution in [0.25, 0.3) is 0 Å². The number of nitrogens with one attached hydrogen (secondary N) is 2. The Kier molecular flexibility index (Phi) is 2.50. The highest BCUT2D eigenvalue weighted by molar-refractivity contribution is 6.15. The average Bonchev–Trinajstić information content (AvgIpc) is 3.13. The normalized spacial score (nSPS) is 30.0. The van der Waals surface area contributed by atoms with Gasteiger partial charge in [0.2, 0.25) is 5.91 Å². The molecule has 1 fully saturated rings. The highest BCUT2D eigenvalue weighted by atomic mass is 16.2. The van der Waals surface area contributed by atoms with Gasteiger partial charge in [0.05, 0.1) is 0 Å². The first-order valence-corrected chi connectivity index (χ1v) is 7.31. The van der Waals surface area contributed by atoms with E-state index in [-0.39, 0.29) is 17.9 Å². The van der Waals surface area contributed by atoms with Crippen molar-refractivity contribution in [3.05, 3.63) is 41.5 Å². The molecule has 21 heavy (non-hydrogen) atoms. The van der Waals surface area contributed by atoms with Gasteiger partial charge in [-0.25, -0.2) is 0 Å². The molecule has 2 atom stereocenters. The molecule has 1 aromatic rings. The molecule has 2 amide bonds. The lowest BCUT2D eigenvalue weighted by Crippen LogP contribution is -2.52. The third-order valence-corrected chi connectivity index (χ3v) is 4.84. The van der Waals surface area contributed by atoms with E-state index in [0.29, 0.717) is 5.57 Å². The first kappa shape index (κ1) is 12.6. The number of fused-ring (bicyclic) bond motifs is 4. The van der Waals surface area contributed by atoms with Crippen LogP contribution < -0.4 is 10.6 Å². The Hall–Kier alpha value is -2.14. The largest absolute Gasteiger partial charge is 0.355 e. The van der Waals surface area contributed by atoms with Crippen LogP contribution in [0.1, 0.15) is 18.4 Å². The van der Waals surface area contributed by atoms with Crippen molar-refractivity contribution in [2.24, 2.45) is 0 Å². The minimum atomic E-state index is -0.947. The Bertz CT molecular complexity index is 682. The van der Waals surface area contributed by atoms with Gasteiger partial charge in [0, 0.05) is 36.5 Å². The maximum atomic E-state index is 12.9. The van der Waals surface area contributed by atoms with Crippen LogP contribution in [0.2, 0.25) is 0 Å². The molecule has 1 spiro atoms. The van der Waals surface area contributed by atoms with Crippen molar-refractivity contribution in [2.45, 2.75) is 24.4 Å². The number of nitrogens with zero attached hydrogens (tertiary/aromatic N) is 1. The Balaban J connectivity index is 1.97. The molecule has 3 heterocycles. The van der Waals surface area contributed by atoms with Gasteiger partial charge in [0.15, 0.2) is 5.54 Å². The van der Waals surface area contributed by atoms with Gasteiger partial charge in [-0.3, -0.25) is 14.5 Å². The van der Waals surface area contributed by atoms with Gasteiger partial charge >= 0.3 is 0 Å². The van der Waals surface area contributed by atoms with Crippen LogP contribution in [0.3, 0.4) is 0 Å². The minimum Gasteiger partial charge on any atom is -0.355 e. The number of amides is 2. The summed E-state index contributed by atoms with van der Waals surface area (Å²) in [5.41, 5.74) is 1.33. The van der Waals surface area contributed by atoms with E-state index in [1.54, 1.807) is 7.05 Å². The maximum Gasteiger partial charge on any atom is 0.254 e. The van der Waals surface area contributed by atoms with Crippen molar-refractivity contribution >= 4 is 17.5 Å². The van der Waals surface area contributed by atoms with E-state index in [4.69, 9.17) is 0 Å². The first-order valence-electron chi connectivity index (χ1n) is 7.31. The number of hydrogen-bond donors (Lipinski definition) is 2. The molecule has 3 aliphatic rings. The second-order valence-corrected chi connectivity index (χ2v) is 5.77. The van der Waals surface area contributed by atoms with Crippen LogP contribution in [-0.4, -0.2) is 36.3 Å². The standard InChI is InChI=1S/C16H17N3O2/c1-17-14(20)12-9-10-5-4-8-19(10)16(12)11-6-2-3-7-13(11)18-15(16)21/h2-3,6-7,9-10H,4-5,8H2,1H3,(H,17,20)(H,18,21)/t10?,16-/m0/s1. The van der Waals surface area contributed by atoms with E-state index in [1.807, 2.05) is 30.3 Å². The molecule has 0 saturated carbocycles. The van der Waals surface area contributed by atoms with Gasteiger partial charge in [0.25, 0.3) is 5.91 Å². The number of para-hydroxylation sites is 1. The zero-order valence-corrected chi connectivity index (χ0v) is 11.8. The molecule has 4 rings (SSSR count). The summed E-state index contributed by atoms with van der Waals surface area (Å²) < 4.78 is 0. The number of rotatable bonds is 1. The van der Waals surface area contributed by atoms with Crippen molar-refractivity contribution in [1.29, 1.82) is 0 Å². The van der Waals surface area contributed by atoms with Crippen molar-refractivity contribution < 1.29 is 9.59 Å². The summed E-state index contributed by atoms with van der Waals surface area (Å²) in [6, 6.07) is 7.84. The smallest absolute Gasteiger partial charge is 0.254 e. The highest BCUT2D eigenvalue weighted by Crippen LogP contribution is 2.52. The van der Waals surface area contributed by atoms with Gasteiger partial charge in [0.1, 0.15) is 0 Å². The molecule has 0 radical (unpaired) electrons. The van der Waals surface area contributed by atoms with Crippen LogP contribution in [0.5, 0.6) is 0 Å². The average molecular weight is 283 g/mol. The number of likely N-dealkylation sites (N-methyl/N-ethyl adjacent to an activating group) is 1. The quantitative estimate of drug-likeness (QED) is 0.808. The summed E-state index contributed by atoms with van der Waals surface area (Å²) in [5, 5.41) is 5.64. The van der Waals surface area contributed by atoms with E-state index >= 15 is 0 Å². The van der Waals surface area contributed by atoms with E-state index in [9.17, 15) is 9.59 Å². The Labute approximate surface area is 123 Å². The molecular formula is C16H17N3O2. The van der Waals surface area contributed by atoms with Crippen LogP contribution in [0.15, 0.2) is 35.9 Å². The molecule has 1 unspecified atom stereocenters. The van der Waals surface area contributed by atoms with Crippen molar-refractivity contribution in [1.82, 2.24) is 10.2 Å². The Morgan fingerprint density at radius 3 is 3.05 bits per heavy atom. The summed E-state index contributed by atoms with van der Waals surface area (Å²) in [6.07, 6.45) is 4.03. The molecular weight excluding hydrogens is 266 g/mol. The van der Waals surface area contributed by atoms with Crippen LogP contribution in [0, 0.1) is 0 Å². The number of carbonyl (C=O) groups excluding carboxylic acids is 2. The second kappa shape index (κ2) is 4.18. The summed E-state index contributed by atoms with van der Waals surface area (Å²) in [5.74, 6) is -0.279. The lowest BCUT2D eigenvalue weighted by molar-refractivity contribution is -0.128. The van der Waals surface area contributed by atoms with Gasteiger partial charge in [-0.05, 0) is 18.9 Å². The molecule has 2 N–H and O–H groups in total. The van der Waals surface area contributed by atoms with Gasteiger partial charge in [-0.2, -0.15) is 0 Å². The van der Waals surface area contributed by atoms with E-state index in [2.05, 4.69) is 15.5 Å². The van der Waals surface area contributed by atoms with Gasteiger partial charge in [-0.15, -0.1) is 0 Å². The fraction of sp³-hybridized carbons (Fsp3) is 0.375. The topological polar surface area (TPSA) is 61.4 Å². The lowest BCUT2D eigenvalue weighted by Gasteiger charge is -2.35. The number of hydrogen-bond acceptors (Lipinski definition) is 3. The van der Waals surface area contributed by atoms with Crippen LogP contribution in [0.4, 0.5) is 5.69 Å². The Morgan fingerprint density at radius 2 is 2.24 bits per heavy atom. The molecule has 0 bridgehead atoms. The molecule has 1 saturated heterocycles. The molecule has 0 aliphatic carbocycles. The first-order chi connectivity index (χ1) is 10.2.